The minimum absolute atomic E-state index is 0. The molecule has 4 rings (SSSR count). The van der Waals surface area contributed by atoms with Crippen LogP contribution in [0.3, 0.4) is 0 Å². The number of nitrogens with zero attached hydrogens (tertiary/aromatic N) is 2. The Labute approximate surface area is 291 Å². The fraction of sp³-hybridized carbons (Fsp3) is 0.286. The van der Waals surface area contributed by atoms with Crippen molar-refractivity contribution in [1.29, 1.82) is 0 Å². The molecule has 0 atom stereocenters. The van der Waals surface area contributed by atoms with Gasteiger partial charge in [-0.15, -0.1) is 22.7 Å². The first-order chi connectivity index (χ1) is 18.6. The second-order valence-corrected chi connectivity index (χ2v) is 10.8. The average molecular weight is 840 g/mol. The number of thiazole rings is 2. The molecule has 0 aliphatic heterocycles. The van der Waals surface area contributed by atoms with Gasteiger partial charge in [0.05, 0.1) is 19.9 Å². The largest absolute Gasteiger partial charge is 2.00 e. The van der Waals surface area contributed by atoms with E-state index in [1.165, 1.54) is 7.11 Å². The summed E-state index contributed by atoms with van der Waals surface area (Å²) in [6.45, 7) is 3.21. The molecule has 0 unspecified atom stereocenters. The van der Waals surface area contributed by atoms with Crippen LogP contribution in [0.1, 0.15) is 34.6 Å². The molecule has 0 saturated carbocycles. The number of alkyl halides is 6. The third-order valence-corrected chi connectivity index (χ3v) is 7.86. The van der Waals surface area contributed by atoms with Crippen molar-refractivity contribution in [2.45, 2.75) is 41.1 Å². The van der Waals surface area contributed by atoms with E-state index in [4.69, 9.17) is 19.5 Å². The summed E-state index contributed by atoms with van der Waals surface area (Å²) < 4.78 is 83.5. The predicted molar refractivity (Wildman–Crippen MR) is 173 cm³/mol. The van der Waals surface area contributed by atoms with Crippen LogP contribution in [0.2, 0.25) is 0 Å². The number of aryl methyl sites for hydroxylation is 2. The van der Waals surface area contributed by atoms with Gasteiger partial charge in [0.2, 0.25) is 0 Å². The van der Waals surface area contributed by atoms with Crippen molar-refractivity contribution in [3.05, 3.63) is 87.8 Å². The Morgan fingerprint density at radius 1 is 0.711 bits per heavy atom. The maximum Gasteiger partial charge on any atom is 2.00 e. The first-order valence-corrected chi connectivity index (χ1v) is 13.4. The van der Waals surface area contributed by atoms with Crippen molar-refractivity contribution in [1.82, 2.24) is 9.97 Å². The normalized spacial score (nSPS) is 9.89. The fourth-order valence-corrected chi connectivity index (χ4v) is 4.82. The average Bonchev–Trinajstić information content (AvgIpc) is 3.46. The van der Waals surface area contributed by atoms with Gasteiger partial charge in [0.15, 0.2) is 10.0 Å². The van der Waals surface area contributed by atoms with Gasteiger partial charge >= 0.3 is 39.9 Å². The first-order valence-electron chi connectivity index (χ1n) is 11.0. The van der Waals surface area contributed by atoms with Gasteiger partial charge in [-0.1, -0.05) is 27.0 Å². The topological polar surface area (TPSA) is 84.7 Å². The Balaban J connectivity index is -0.000000277. The summed E-state index contributed by atoms with van der Waals surface area (Å²) in [7, 11) is 1.69. The van der Waals surface area contributed by atoms with Gasteiger partial charge in [0, 0.05) is 15.3 Å². The third kappa shape index (κ3) is 15.4. The van der Waals surface area contributed by atoms with Crippen LogP contribution >= 0.6 is 38.6 Å². The molecule has 0 aliphatic carbocycles. The zero-order chi connectivity index (χ0) is 30.3. The number of ether oxygens (including phenoxy) is 2. The molecule has 0 amide bonds. The standard InChI is InChI=1S/C12H10F3NOS.C7H9BO3.C5H3BrF3NS.2CH4.2CH3.Pd/c1-7-10(16-11(18-7)12(13,14)15)8-3-5-9(17-2)6-4-8;1-11-7-4-2-6(3-5-7)8(9)10;1-2-3(6)10-4(11-2)5(7,8)9;;;;;/h3-6H,1-2H3;2-5,9-10H,1H3;1H3;2*1H4;2*1H3;/q;;;;;2*-1;+2. The van der Waals surface area contributed by atoms with E-state index in [0.29, 0.717) is 60.6 Å². The predicted octanol–water partition coefficient (Wildman–Crippen LogP) is 8.92. The van der Waals surface area contributed by atoms with Crippen molar-refractivity contribution in [3.63, 3.8) is 0 Å². The summed E-state index contributed by atoms with van der Waals surface area (Å²) in [5.41, 5.74) is 1.49. The first kappa shape index (κ1) is 49.9. The number of aromatic nitrogens is 2. The van der Waals surface area contributed by atoms with Crippen molar-refractivity contribution in [2.24, 2.45) is 0 Å². The Hall–Kier alpha value is -1.99. The summed E-state index contributed by atoms with van der Waals surface area (Å²) in [6.07, 6.45) is -8.71. The number of methoxy groups -OCH3 is 2. The van der Waals surface area contributed by atoms with Crippen molar-refractivity contribution in [2.75, 3.05) is 14.2 Å². The van der Waals surface area contributed by atoms with E-state index < -0.39 is 29.5 Å². The molecular formula is C28H36BBrF6N2O4PdS2. The van der Waals surface area contributed by atoms with Gasteiger partial charge < -0.3 is 34.4 Å². The number of halogens is 7. The van der Waals surface area contributed by atoms with E-state index in [1.54, 1.807) is 69.5 Å². The molecule has 2 N–H and O–H groups in total. The molecular weight excluding hydrogens is 804 g/mol. The molecule has 2 aromatic carbocycles. The Morgan fingerprint density at radius 2 is 1.09 bits per heavy atom. The zero-order valence-corrected chi connectivity index (χ0v) is 28.4. The zero-order valence-electron chi connectivity index (χ0n) is 23.6. The van der Waals surface area contributed by atoms with Gasteiger partial charge in [-0.05, 0) is 71.6 Å². The second kappa shape index (κ2) is 21.7. The van der Waals surface area contributed by atoms with Gasteiger partial charge in [-0.2, -0.15) is 26.3 Å². The number of hydrogen-bond donors (Lipinski definition) is 2. The SMILES string of the molecule is C.C.COc1ccc(-c2nc(C(F)(F)F)sc2C)cc1.COc1ccc(B(O)O)cc1.Cc1sc(C(F)(F)F)nc1Br.[CH3-].[CH3-].[Pd+2]. The van der Waals surface area contributed by atoms with Crippen molar-refractivity contribution in [3.8, 4) is 22.8 Å². The molecule has 0 spiro atoms. The monoisotopic (exact) mass is 838 g/mol. The molecule has 0 fully saturated rings. The van der Waals surface area contributed by atoms with Gasteiger partial charge in [-0.25, -0.2) is 9.97 Å². The molecule has 2 heterocycles. The molecule has 0 bridgehead atoms. The number of hydrogen-bond acceptors (Lipinski definition) is 8. The van der Waals surface area contributed by atoms with Crippen molar-refractivity contribution < 1.29 is 66.3 Å². The van der Waals surface area contributed by atoms with E-state index in [0.717, 1.165) is 0 Å². The third-order valence-electron chi connectivity index (χ3n) is 4.80. The summed E-state index contributed by atoms with van der Waals surface area (Å²) in [5.74, 6) is 1.36. The molecule has 256 valence electrons. The van der Waals surface area contributed by atoms with Crippen LogP contribution in [0, 0.1) is 28.7 Å². The fourth-order valence-electron chi connectivity index (χ4n) is 2.81. The summed E-state index contributed by atoms with van der Waals surface area (Å²) in [4.78, 5) is 8.04. The van der Waals surface area contributed by atoms with Crippen LogP contribution in [0.5, 0.6) is 11.5 Å². The van der Waals surface area contributed by atoms with Crippen LogP contribution in [0.4, 0.5) is 26.3 Å². The number of rotatable bonds is 4. The molecule has 6 nitrogen and oxygen atoms in total. The number of benzene rings is 2. The molecule has 2 aromatic heterocycles. The van der Waals surface area contributed by atoms with E-state index in [1.807, 2.05) is 0 Å². The quantitative estimate of drug-likeness (QED) is 0.121. The van der Waals surface area contributed by atoms with E-state index in [2.05, 4.69) is 25.9 Å². The Morgan fingerprint density at radius 3 is 1.38 bits per heavy atom. The van der Waals surface area contributed by atoms with E-state index in [9.17, 15) is 26.3 Å². The smallest absolute Gasteiger partial charge is 0.497 e. The summed E-state index contributed by atoms with van der Waals surface area (Å²) in [5, 5.41) is 15.8. The van der Waals surface area contributed by atoms with E-state index in [-0.39, 0.29) is 54.7 Å². The maximum atomic E-state index is 12.5. The second-order valence-electron chi connectivity index (χ2n) is 7.66. The van der Waals surface area contributed by atoms with Crippen LogP contribution in [0.25, 0.3) is 11.3 Å². The molecule has 0 radical (unpaired) electrons. The molecule has 17 heteroatoms. The minimum atomic E-state index is -4.39. The molecule has 0 aliphatic rings. The van der Waals surface area contributed by atoms with Gasteiger partial charge in [0.1, 0.15) is 16.1 Å². The van der Waals surface area contributed by atoms with Crippen molar-refractivity contribution >= 4 is 51.2 Å². The maximum absolute atomic E-state index is 12.5. The Bertz CT molecular complexity index is 1350. The van der Waals surface area contributed by atoms with Crippen LogP contribution in [-0.2, 0) is 32.8 Å². The Kier molecular flexibility index (Phi) is 24.1. The summed E-state index contributed by atoms with van der Waals surface area (Å²) in [6, 6.07) is 13.3. The van der Waals surface area contributed by atoms with E-state index >= 15 is 0 Å². The van der Waals surface area contributed by atoms with Crippen LogP contribution in [-0.4, -0.2) is 41.4 Å². The van der Waals surface area contributed by atoms with Gasteiger partial charge in [-0.3, -0.25) is 0 Å². The van der Waals surface area contributed by atoms with Crippen LogP contribution < -0.4 is 14.9 Å². The van der Waals surface area contributed by atoms with Gasteiger partial charge in [0.25, 0.3) is 0 Å². The minimum Gasteiger partial charge on any atom is -0.497 e. The molecule has 0 saturated heterocycles. The molecule has 4 aromatic rings. The van der Waals surface area contributed by atoms with Crippen LogP contribution in [0.15, 0.2) is 53.1 Å². The summed E-state index contributed by atoms with van der Waals surface area (Å²) >= 11 is 4.20. The molecule has 45 heavy (non-hydrogen) atoms.